The molecule has 0 saturated heterocycles. The second kappa shape index (κ2) is 8.29. The molecule has 0 amide bonds. The van der Waals surface area contributed by atoms with Gasteiger partial charge in [0.05, 0.1) is 22.8 Å². The zero-order valence-electron chi connectivity index (χ0n) is 15.8. The van der Waals surface area contributed by atoms with Gasteiger partial charge in [0.1, 0.15) is 10.9 Å². The number of fused-ring (bicyclic) bond motifs is 1. The molecule has 3 heterocycles. The molecule has 12 heteroatoms. The maximum Gasteiger partial charge on any atom is 0.573 e. The van der Waals surface area contributed by atoms with Crippen molar-refractivity contribution in [3.63, 3.8) is 0 Å². The maximum absolute atomic E-state index is 13.0. The van der Waals surface area contributed by atoms with Crippen LogP contribution in [0.4, 0.5) is 13.2 Å². The zero-order valence-corrected chi connectivity index (χ0v) is 17.3. The highest BCUT2D eigenvalue weighted by Crippen LogP contribution is 2.31. The fourth-order valence-corrected chi connectivity index (χ4v) is 3.40. The van der Waals surface area contributed by atoms with Crippen molar-refractivity contribution in [1.29, 1.82) is 0 Å². The molecule has 0 fully saturated rings. The summed E-state index contributed by atoms with van der Waals surface area (Å²) in [5.41, 5.74) is -0.786. The minimum Gasteiger partial charge on any atom is -0.404 e. The molecule has 2 aliphatic heterocycles. The SMILES string of the molecule is O=c1nc2n(Cc3ccc(Cl)nc3)cccc-2c(=O)n1-c1ccc(OC(F)(F)F)c(Cl)c1. The first-order chi connectivity index (χ1) is 15.1. The first-order valence-corrected chi connectivity index (χ1v) is 9.66. The Balaban J connectivity index is 1.78. The van der Waals surface area contributed by atoms with Crippen molar-refractivity contribution in [2.75, 3.05) is 0 Å². The highest BCUT2D eigenvalue weighted by molar-refractivity contribution is 6.32. The van der Waals surface area contributed by atoms with Crippen molar-refractivity contribution in [3.05, 3.63) is 91.4 Å². The molecule has 0 aliphatic carbocycles. The Morgan fingerprint density at radius 1 is 1.06 bits per heavy atom. The Hall–Kier alpha value is -3.37. The minimum atomic E-state index is -4.94. The Bertz CT molecular complexity index is 1380. The van der Waals surface area contributed by atoms with Gasteiger partial charge in [-0.1, -0.05) is 29.3 Å². The van der Waals surface area contributed by atoms with Gasteiger partial charge in [-0.25, -0.2) is 14.3 Å². The van der Waals surface area contributed by atoms with Gasteiger partial charge in [-0.2, -0.15) is 4.98 Å². The normalized spacial score (nSPS) is 11.7. The Kier molecular flexibility index (Phi) is 5.66. The zero-order chi connectivity index (χ0) is 23.0. The topological polar surface area (TPSA) is 79.0 Å². The average molecular weight is 483 g/mol. The monoisotopic (exact) mass is 482 g/mol. The summed E-state index contributed by atoms with van der Waals surface area (Å²) in [6.07, 6.45) is -1.74. The maximum atomic E-state index is 13.0. The fraction of sp³-hybridized carbons (Fsp3) is 0.100. The molecule has 2 aliphatic rings. The summed E-state index contributed by atoms with van der Waals surface area (Å²) >= 11 is 11.6. The van der Waals surface area contributed by atoms with E-state index < -0.39 is 28.4 Å². The lowest BCUT2D eigenvalue weighted by atomic mass is 10.2. The van der Waals surface area contributed by atoms with Crippen LogP contribution in [0.5, 0.6) is 5.75 Å². The molecular weight excluding hydrogens is 472 g/mol. The summed E-state index contributed by atoms with van der Waals surface area (Å²) in [7, 11) is 0. The molecule has 0 N–H and O–H groups in total. The molecular formula is C20H11Cl2F3N4O3. The first-order valence-electron chi connectivity index (χ1n) is 8.91. The van der Waals surface area contributed by atoms with Gasteiger partial charge in [0.2, 0.25) is 0 Å². The molecule has 0 spiro atoms. The van der Waals surface area contributed by atoms with Crippen molar-refractivity contribution in [2.45, 2.75) is 12.9 Å². The summed E-state index contributed by atoms with van der Waals surface area (Å²) < 4.78 is 43.5. The Labute approximate surface area is 187 Å². The van der Waals surface area contributed by atoms with Gasteiger partial charge in [-0.05, 0) is 42.0 Å². The van der Waals surface area contributed by atoms with Gasteiger partial charge >= 0.3 is 12.1 Å². The number of alkyl halides is 3. The van der Waals surface area contributed by atoms with E-state index in [1.165, 1.54) is 6.07 Å². The van der Waals surface area contributed by atoms with Crippen LogP contribution in [-0.2, 0) is 6.54 Å². The summed E-state index contributed by atoms with van der Waals surface area (Å²) in [5.74, 6) is -0.525. The van der Waals surface area contributed by atoms with Crippen LogP contribution in [0.15, 0.2) is 64.4 Å². The summed E-state index contributed by atoms with van der Waals surface area (Å²) in [6.45, 7) is 0.271. The number of benzene rings is 1. The van der Waals surface area contributed by atoms with E-state index in [4.69, 9.17) is 23.2 Å². The van der Waals surface area contributed by atoms with Gasteiger partial charge in [0.25, 0.3) is 5.56 Å². The summed E-state index contributed by atoms with van der Waals surface area (Å²) in [6, 6.07) is 9.50. The summed E-state index contributed by atoms with van der Waals surface area (Å²) in [4.78, 5) is 33.7. The van der Waals surface area contributed by atoms with Crippen LogP contribution < -0.4 is 16.0 Å². The molecule has 0 atom stereocenters. The van der Waals surface area contributed by atoms with E-state index in [0.717, 1.165) is 28.3 Å². The number of hydrogen-bond donors (Lipinski definition) is 0. The van der Waals surface area contributed by atoms with Crippen molar-refractivity contribution < 1.29 is 17.9 Å². The minimum absolute atomic E-state index is 0.0498. The second-order valence-electron chi connectivity index (χ2n) is 6.56. The van der Waals surface area contributed by atoms with E-state index in [0.29, 0.717) is 5.15 Å². The smallest absolute Gasteiger partial charge is 0.404 e. The van der Waals surface area contributed by atoms with Crippen LogP contribution in [0.2, 0.25) is 10.2 Å². The highest BCUT2D eigenvalue weighted by atomic mass is 35.5. The van der Waals surface area contributed by atoms with Crippen LogP contribution in [-0.4, -0.2) is 25.5 Å². The van der Waals surface area contributed by atoms with Gasteiger partial charge in [0.15, 0.2) is 5.82 Å². The largest absolute Gasteiger partial charge is 0.573 e. The van der Waals surface area contributed by atoms with Crippen LogP contribution >= 0.6 is 23.2 Å². The van der Waals surface area contributed by atoms with Crippen LogP contribution in [0, 0.1) is 0 Å². The van der Waals surface area contributed by atoms with E-state index in [-0.39, 0.29) is 23.6 Å². The van der Waals surface area contributed by atoms with E-state index in [1.54, 1.807) is 35.2 Å². The van der Waals surface area contributed by atoms with Crippen molar-refractivity contribution in [3.8, 4) is 22.8 Å². The summed E-state index contributed by atoms with van der Waals surface area (Å²) in [5, 5.41) is -0.102. The number of aromatic nitrogens is 4. The lowest BCUT2D eigenvalue weighted by Gasteiger charge is -2.16. The van der Waals surface area contributed by atoms with Crippen LogP contribution in [0.3, 0.4) is 0 Å². The van der Waals surface area contributed by atoms with Crippen LogP contribution in [0.1, 0.15) is 5.56 Å². The lowest BCUT2D eigenvalue weighted by molar-refractivity contribution is -0.274. The number of hydrogen-bond acceptors (Lipinski definition) is 5. The van der Waals surface area contributed by atoms with Crippen molar-refractivity contribution in [1.82, 2.24) is 19.1 Å². The first kappa shape index (κ1) is 21.8. The highest BCUT2D eigenvalue weighted by Gasteiger charge is 2.32. The van der Waals surface area contributed by atoms with E-state index in [2.05, 4.69) is 14.7 Å². The molecule has 0 saturated carbocycles. The molecule has 1 aromatic heterocycles. The third-order valence-electron chi connectivity index (χ3n) is 4.41. The van der Waals surface area contributed by atoms with E-state index in [9.17, 15) is 22.8 Å². The number of halogens is 5. The molecule has 0 unspecified atom stereocenters. The van der Waals surface area contributed by atoms with Gasteiger partial charge in [0, 0.05) is 12.4 Å². The predicted octanol–water partition coefficient (Wildman–Crippen LogP) is 4.15. The number of ether oxygens (including phenoxy) is 1. The second-order valence-corrected chi connectivity index (χ2v) is 7.35. The fourth-order valence-electron chi connectivity index (χ4n) is 3.07. The Morgan fingerprint density at radius 2 is 1.84 bits per heavy atom. The van der Waals surface area contributed by atoms with Gasteiger partial charge in [-0.3, -0.25) is 4.79 Å². The average Bonchev–Trinajstić information content (AvgIpc) is 2.71. The molecule has 0 radical (unpaired) electrons. The lowest BCUT2D eigenvalue weighted by Crippen LogP contribution is -2.36. The molecule has 32 heavy (non-hydrogen) atoms. The molecule has 164 valence electrons. The number of rotatable bonds is 4. The number of pyridine rings is 2. The van der Waals surface area contributed by atoms with Gasteiger partial charge < -0.3 is 9.30 Å². The van der Waals surface area contributed by atoms with E-state index >= 15 is 0 Å². The number of nitrogens with zero attached hydrogens (tertiary/aromatic N) is 4. The third-order valence-corrected chi connectivity index (χ3v) is 4.93. The quantitative estimate of drug-likeness (QED) is 0.408. The standard InChI is InChI=1S/C20H11Cl2F3N4O3/c21-14-8-12(4-5-15(14)32-20(23,24)25)29-18(30)13-2-1-7-28(17(13)27-19(29)31)10-11-3-6-16(22)26-9-11/h1-9H,10H2. The Morgan fingerprint density at radius 3 is 2.50 bits per heavy atom. The van der Waals surface area contributed by atoms with Crippen molar-refractivity contribution in [2.24, 2.45) is 0 Å². The van der Waals surface area contributed by atoms with Crippen LogP contribution in [0.25, 0.3) is 17.1 Å². The van der Waals surface area contributed by atoms with Crippen molar-refractivity contribution >= 4 is 23.2 Å². The molecule has 1 aromatic carbocycles. The van der Waals surface area contributed by atoms with E-state index in [1.807, 2.05) is 0 Å². The van der Waals surface area contributed by atoms with Gasteiger partial charge in [-0.15, -0.1) is 13.2 Å². The molecule has 7 nitrogen and oxygen atoms in total. The molecule has 2 aromatic rings. The third kappa shape index (κ3) is 4.46. The predicted molar refractivity (Wildman–Crippen MR) is 111 cm³/mol. The molecule has 4 rings (SSSR count). The molecule has 0 bridgehead atoms.